The van der Waals surface area contributed by atoms with Crippen molar-refractivity contribution in [3.63, 3.8) is 0 Å². The molecule has 0 aromatic carbocycles. The zero-order chi connectivity index (χ0) is 12.3. The Balaban J connectivity index is 2.05. The molecule has 2 rings (SSSR count). The highest BCUT2D eigenvalue weighted by Gasteiger charge is 2.20. The van der Waals surface area contributed by atoms with E-state index in [0.717, 1.165) is 12.8 Å². The number of aromatic nitrogens is 4. The number of hydrogen-bond acceptors (Lipinski definition) is 1. The normalized spacial score (nSPS) is 14.8. The first-order valence-corrected chi connectivity index (χ1v) is 6.22. The van der Waals surface area contributed by atoms with Crippen molar-refractivity contribution < 1.29 is 4.57 Å². The van der Waals surface area contributed by atoms with E-state index in [-0.39, 0.29) is 0 Å². The van der Waals surface area contributed by atoms with Crippen molar-refractivity contribution in [1.29, 1.82) is 0 Å². The van der Waals surface area contributed by atoms with Crippen molar-refractivity contribution in [3.05, 3.63) is 36.4 Å². The van der Waals surface area contributed by atoms with Crippen molar-refractivity contribution in [2.45, 2.75) is 38.5 Å². The predicted octanol–water partition coefficient (Wildman–Crippen LogP) is 2.25. The second-order valence-electron chi connectivity index (χ2n) is 4.77. The fourth-order valence-electron chi connectivity index (χ4n) is 2.30. The summed E-state index contributed by atoms with van der Waals surface area (Å²) in [4.78, 5) is 10.6. The molecule has 4 heteroatoms. The maximum atomic E-state index is 4.09. The molecular weight excluding hydrogens is 212 g/mol. The van der Waals surface area contributed by atoms with E-state index in [9.17, 15) is 0 Å². The van der Waals surface area contributed by atoms with Gasteiger partial charge >= 0.3 is 0 Å². The molecule has 2 heterocycles. The third kappa shape index (κ3) is 2.75. The van der Waals surface area contributed by atoms with Crippen molar-refractivity contribution in [3.8, 4) is 0 Å². The molecule has 17 heavy (non-hydrogen) atoms. The van der Waals surface area contributed by atoms with E-state index in [1.807, 2.05) is 19.6 Å². The Labute approximate surface area is 102 Å². The Kier molecular flexibility index (Phi) is 3.61. The summed E-state index contributed by atoms with van der Waals surface area (Å²) >= 11 is 0. The van der Waals surface area contributed by atoms with Crippen LogP contribution in [0.1, 0.15) is 49.9 Å². The highest BCUT2D eigenvalue weighted by molar-refractivity contribution is 5.07. The number of H-pyrrole nitrogens is 2. The highest BCUT2D eigenvalue weighted by Crippen LogP contribution is 2.29. The summed E-state index contributed by atoms with van der Waals surface area (Å²) in [5.74, 6) is 1.09. The van der Waals surface area contributed by atoms with Gasteiger partial charge in [0.15, 0.2) is 0 Å². The van der Waals surface area contributed by atoms with Gasteiger partial charge in [0.05, 0.1) is 13.4 Å². The number of nitrogens with zero attached hydrogens (tertiary/aromatic N) is 2. The Bertz CT molecular complexity index is 444. The minimum atomic E-state index is 0.510. The summed E-state index contributed by atoms with van der Waals surface area (Å²) in [5.41, 5.74) is 2.54. The summed E-state index contributed by atoms with van der Waals surface area (Å²) in [5, 5.41) is 0. The molecule has 0 fully saturated rings. The Morgan fingerprint density at radius 1 is 1.35 bits per heavy atom. The molecule has 0 radical (unpaired) electrons. The average molecular weight is 233 g/mol. The molecule has 2 N–H and O–H groups in total. The predicted molar refractivity (Wildman–Crippen MR) is 66.6 cm³/mol. The summed E-state index contributed by atoms with van der Waals surface area (Å²) in [6, 6.07) is 0. The lowest BCUT2D eigenvalue weighted by Crippen LogP contribution is -2.23. The number of nitrogens with one attached hydrogen (secondary N) is 2. The van der Waals surface area contributed by atoms with Crippen molar-refractivity contribution in [1.82, 2.24) is 15.0 Å². The molecule has 2 aromatic heterocycles. The van der Waals surface area contributed by atoms with Crippen molar-refractivity contribution >= 4 is 0 Å². The van der Waals surface area contributed by atoms with Crippen LogP contribution in [0.5, 0.6) is 0 Å². The van der Waals surface area contributed by atoms with Crippen LogP contribution < -0.4 is 4.57 Å². The molecule has 0 aliphatic carbocycles. The van der Waals surface area contributed by atoms with Gasteiger partial charge in [-0.25, -0.2) is 14.5 Å². The third-order valence-corrected chi connectivity index (χ3v) is 3.40. The molecule has 2 unspecified atom stereocenters. The molecule has 0 spiro atoms. The summed E-state index contributed by atoms with van der Waals surface area (Å²) in [6.45, 7) is 4.49. The van der Waals surface area contributed by atoms with Crippen LogP contribution in [0.3, 0.4) is 0 Å². The first-order valence-electron chi connectivity index (χ1n) is 6.22. The smallest absolute Gasteiger partial charge is 0.241 e. The van der Waals surface area contributed by atoms with Crippen LogP contribution in [0.25, 0.3) is 0 Å². The molecule has 2 atom stereocenters. The van der Waals surface area contributed by atoms with Gasteiger partial charge in [0.1, 0.15) is 11.9 Å². The molecule has 0 amide bonds. The minimum absolute atomic E-state index is 0.510. The summed E-state index contributed by atoms with van der Waals surface area (Å²) in [7, 11) is 2.05. The van der Waals surface area contributed by atoms with Crippen LogP contribution in [-0.4, -0.2) is 15.0 Å². The first-order chi connectivity index (χ1) is 8.20. The lowest BCUT2D eigenvalue weighted by atomic mass is 9.90. The van der Waals surface area contributed by atoms with Gasteiger partial charge < -0.3 is 4.98 Å². The van der Waals surface area contributed by atoms with Crippen LogP contribution in [0.15, 0.2) is 25.0 Å². The van der Waals surface area contributed by atoms with E-state index < -0.39 is 0 Å². The van der Waals surface area contributed by atoms with Crippen LogP contribution in [0.4, 0.5) is 0 Å². The van der Waals surface area contributed by atoms with Gasteiger partial charge in [-0.15, -0.1) is 0 Å². The minimum Gasteiger partial charge on any atom is -0.348 e. The molecule has 0 saturated carbocycles. The molecular formula is C13H21N4+. The maximum absolute atomic E-state index is 4.09. The Morgan fingerprint density at radius 3 is 2.71 bits per heavy atom. The van der Waals surface area contributed by atoms with E-state index >= 15 is 0 Å². The van der Waals surface area contributed by atoms with Crippen molar-refractivity contribution in [2.24, 2.45) is 7.05 Å². The molecule has 0 aliphatic rings. The lowest BCUT2D eigenvalue weighted by molar-refractivity contribution is -0.670. The summed E-state index contributed by atoms with van der Waals surface area (Å²) < 4.78 is 2.07. The van der Waals surface area contributed by atoms with Crippen LogP contribution in [0.2, 0.25) is 0 Å². The standard InChI is InChI=1S/C13H20N4/c1-4-11(13-7-17(3)9-16-13)5-10(2)12-6-14-8-15-12/h6-11H,4-5H2,1-3H3,(H,14,15)/p+1. The van der Waals surface area contributed by atoms with E-state index in [2.05, 4.69) is 39.6 Å². The second-order valence-corrected chi connectivity index (χ2v) is 4.77. The molecule has 0 aliphatic heterocycles. The van der Waals surface area contributed by atoms with Gasteiger partial charge in [0.2, 0.25) is 6.33 Å². The Morgan fingerprint density at radius 2 is 2.18 bits per heavy atom. The highest BCUT2D eigenvalue weighted by atomic mass is 15.0. The van der Waals surface area contributed by atoms with Crippen LogP contribution in [-0.2, 0) is 7.05 Å². The first kappa shape index (κ1) is 11.9. The molecule has 0 bridgehead atoms. The lowest BCUT2D eigenvalue weighted by Gasteiger charge is -2.15. The number of aromatic amines is 2. The van der Waals surface area contributed by atoms with E-state index in [0.29, 0.717) is 11.8 Å². The zero-order valence-electron chi connectivity index (χ0n) is 10.8. The average Bonchev–Trinajstić information content (AvgIpc) is 2.96. The van der Waals surface area contributed by atoms with Gasteiger partial charge in [-0.05, 0) is 18.8 Å². The van der Waals surface area contributed by atoms with E-state index in [4.69, 9.17) is 0 Å². The SMILES string of the molecule is CCC(CC(C)c1cnc[nH]1)c1c[n+](C)c[nH]1. The third-order valence-electron chi connectivity index (χ3n) is 3.40. The largest absolute Gasteiger partial charge is 0.348 e. The van der Waals surface area contributed by atoms with E-state index in [1.54, 1.807) is 6.33 Å². The van der Waals surface area contributed by atoms with Gasteiger partial charge in [-0.1, -0.05) is 13.8 Å². The fourth-order valence-corrected chi connectivity index (χ4v) is 2.30. The van der Waals surface area contributed by atoms with E-state index in [1.165, 1.54) is 11.4 Å². The fraction of sp³-hybridized carbons (Fsp3) is 0.538. The van der Waals surface area contributed by atoms with Crippen LogP contribution >= 0.6 is 0 Å². The molecule has 92 valence electrons. The zero-order valence-corrected chi connectivity index (χ0v) is 10.8. The molecule has 0 saturated heterocycles. The quantitative estimate of drug-likeness (QED) is 0.765. The number of aryl methyl sites for hydroxylation is 1. The van der Waals surface area contributed by atoms with Gasteiger partial charge in [-0.3, -0.25) is 0 Å². The van der Waals surface area contributed by atoms with Gasteiger partial charge in [-0.2, -0.15) is 0 Å². The summed E-state index contributed by atoms with van der Waals surface area (Å²) in [6.07, 6.45) is 10.1. The topological polar surface area (TPSA) is 48.4 Å². The van der Waals surface area contributed by atoms with Gasteiger partial charge in [0, 0.05) is 17.8 Å². The molecule has 4 nitrogen and oxygen atoms in total. The molecule has 2 aromatic rings. The van der Waals surface area contributed by atoms with Gasteiger partial charge in [0.25, 0.3) is 0 Å². The number of imidazole rings is 2. The second kappa shape index (κ2) is 5.17. The number of rotatable bonds is 5. The van der Waals surface area contributed by atoms with Crippen molar-refractivity contribution in [2.75, 3.05) is 0 Å². The monoisotopic (exact) mass is 233 g/mol. The van der Waals surface area contributed by atoms with Crippen LogP contribution in [0, 0.1) is 0 Å². The maximum Gasteiger partial charge on any atom is 0.241 e. The Hall–Kier alpha value is -1.58. The number of hydrogen-bond donors (Lipinski definition) is 2.